The Bertz CT molecular complexity index is 508. The van der Waals surface area contributed by atoms with Gasteiger partial charge in [0.15, 0.2) is 0 Å². The zero-order valence-corrected chi connectivity index (χ0v) is 9.10. The lowest BCUT2D eigenvalue weighted by molar-refractivity contribution is -0.0498. The summed E-state index contributed by atoms with van der Waals surface area (Å²) >= 11 is 0. The molecular formula is C11H11F2N3O. The Morgan fingerprint density at radius 3 is 2.41 bits per heavy atom. The second-order valence-corrected chi connectivity index (χ2v) is 3.49. The first-order valence-corrected chi connectivity index (χ1v) is 4.90. The molecule has 0 saturated heterocycles. The van der Waals surface area contributed by atoms with Crippen molar-refractivity contribution in [1.82, 2.24) is 9.55 Å². The summed E-state index contributed by atoms with van der Waals surface area (Å²) in [4.78, 5) is 4.13. The molecular weight excluding hydrogens is 228 g/mol. The number of imidazole rings is 1. The molecule has 90 valence electrons. The topological polar surface area (TPSA) is 53.1 Å². The molecule has 0 atom stereocenters. The van der Waals surface area contributed by atoms with Crippen LogP contribution in [-0.4, -0.2) is 16.2 Å². The van der Waals surface area contributed by atoms with Crippen LogP contribution in [0.3, 0.4) is 0 Å². The second kappa shape index (κ2) is 4.40. The number of hydrogen-bond acceptors (Lipinski definition) is 3. The highest BCUT2D eigenvalue weighted by atomic mass is 19.3. The van der Waals surface area contributed by atoms with Crippen molar-refractivity contribution in [2.45, 2.75) is 6.61 Å². The lowest BCUT2D eigenvalue weighted by Gasteiger charge is -2.05. The standard InChI is InChI=1S/C11H11F2N3O/c1-16-6-15-9(10(16)14)7-2-4-8(5-3-7)17-11(12)13/h2-6,11H,14H2,1H3. The predicted octanol–water partition coefficient (Wildman–Crippen LogP) is 2.27. The molecule has 0 aliphatic heterocycles. The largest absolute Gasteiger partial charge is 0.435 e. The molecule has 2 N–H and O–H groups in total. The number of rotatable bonds is 3. The summed E-state index contributed by atoms with van der Waals surface area (Å²) in [5.74, 6) is 0.630. The van der Waals surface area contributed by atoms with Gasteiger partial charge in [-0.25, -0.2) is 4.98 Å². The number of halogens is 2. The van der Waals surface area contributed by atoms with E-state index in [1.54, 1.807) is 30.1 Å². The van der Waals surface area contributed by atoms with Crippen molar-refractivity contribution in [3.8, 4) is 17.0 Å². The van der Waals surface area contributed by atoms with Gasteiger partial charge in [-0.05, 0) is 24.3 Å². The Morgan fingerprint density at radius 2 is 1.94 bits per heavy atom. The first-order valence-electron chi connectivity index (χ1n) is 4.90. The third kappa shape index (κ3) is 2.35. The molecule has 1 aromatic carbocycles. The van der Waals surface area contributed by atoms with E-state index < -0.39 is 6.61 Å². The maximum atomic E-state index is 12.0. The Labute approximate surface area is 96.6 Å². The molecule has 4 nitrogen and oxygen atoms in total. The average molecular weight is 239 g/mol. The molecule has 0 saturated carbocycles. The Morgan fingerprint density at radius 1 is 1.29 bits per heavy atom. The number of hydrogen-bond donors (Lipinski definition) is 1. The van der Waals surface area contributed by atoms with Crippen molar-refractivity contribution < 1.29 is 13.5 Å². The number of alkyl halides is 2. The summed E-state index contributed by atoms with van der Waals surface area (Å²) < 4.78 is 29.8. The molecule has 17 heavy (non-hydrogen) atoms. The summed E-state index contributed by atoms with van der Waals surface area (Å²) in [5, 5.41) is 0. The van der Waals surface area contributed by atoms with Crippen LogP contribution in [0, 0.1) is 0 Å². The van der Waals surface area contributed by atoms with Gasteiger partial charge in [0, 0.05) is 12.6 Å². The molecule has 0 aliphatic carbocycles. The van der Waals surface area contributed by atoms with Crippen LogP contribution in [-0.2, 0) is 7.05 Å². The molecule has 0 unspecified atom stereocenters. The highest BCUT2D eigenvalue weighted by Gasteiger charge is 2.09. The van der Waals surface area contributed by atoms with E-state index >= 15 is 0 Å². The third-order valence-corrected chi connectivity index (χ3v) is 2.34. The highest BCUT2D eigenvalue weighted by molar-refractivity contribution is 5.70. The fraction of sp³-hybridized carbons (Fsp3) is 0.182. The number of ether oxygens (including phenoxy) is 1. The van der Waals surface area contributed by atoms with Gasteiger partial charge in [-0.15, -0.1) is 0 Å². The smallest absolute Gasteiger partial charge is 0.387 e. The average Bonchev–Trinajstić information content (AvgIpc) is 2.60. The fourth-order valence-electron chi connectivity index (χ4n) is 1.46. The van der Waals surface area contributed by atoms with E-state index in [1.807, 2.05) is 0 Å². The SMILES string of the molecule is Cn1cnc(-c2ccc(OC(F)F)cc2)c1N. The van der Waals surface area contributed by atoms with Gasteiger partial charge < -0.3 is 15.0 Å². The summed E-state index contributed by atoms with van der Waals surface area (Å²) in [6, 6.07) is 6.18. The van der Waals surface area contributed by atoms with Gasteiger partial charge in [0.1, 0.15) is 17.3 Å². The fourth-order valence-corrected chi connectivity index (χ4v) is 1.46. The molecule has 0 aliphatic rings. The van der Waals surface area contributed by atoms with Crippen LogP contribution in [0.4, 0.5) is 14.6 Å². The van der Waals surface area contributed by atoms with E-state index in [2.05, 4.69) is 9.72 Å². The van der Waals surface area contributed by atoms with E-state index in [1.165, 1.54) is 12.1 Å². The van der Waals surface area contributed by atoms with Crippen molar-refractivity contribution in [2.75, 3.05) is 5.73 Å². The quantitative estimate of drug-likeness (QED) is 0.893. The van der Waals surface area contributed by atoms with Crippen LogP contribution in [0.15, 0.2) is 30.6 Å². The van der Waals surface area contributed by atoms with Gasteiger partial charge in [-0.2, -0.15) is 8.78 Å². The van der Waals surface area contributed by atoms with Crippen LogP contribution in [0.5, 0.6) is 5.75 Å². The molecule has 0 fully saturated rings. The predicted molar refractivity (Wildman–Crippen MR) is 59.7 cm³/mol. The minimum Gasteiger partial charge on any atom is -0.435 e. The van der Waals surface area contributed by atoms with Gasteiger partial charge >= 0.3 is 6.61 Å². The van der Waals surface area contributed by atoms with Gasteiger partial charge in [-0.1, -0.05) is 0 Å². The second-order valence-electron chi connectivity index (χ2n) is 3.49. The van der Waals surface area contributed by atoms with Crippen LogP contribution >= 0.6 is 0 Å². The maximum Gasteiger partial charge on any atom is 0.387 e. The molecule has 2 aromatic rings. The minimum atomic E-state index is -2.82. The van der Waals surface area contributed by atoms with Gasteiger partial charge in [0.2, 0.25) is 0 Å². The first-order chi connectivity index (χ1) is 8.08. The van der Waals surface area contributed by atoms with E-state index in [4.69, 9.17) is 5.73 Å². The van der Waals surface area contributed by atoms with E-state index in [0.717, 1.165) is 5.56 Å². The molecule has 0 amide bonds. The molecule has 2 rings (SSSR count). The number of nitrogens with zero attached hydrogens (tertiary/aromatic N) is 2. The number of anilines is 1. The van der Waals surface area contributed by atoms with Crippen LogP contribution in [0.25, 0.3) is 11.3 Å². The zero-order chi connectivity index (χ0) is 12.4. The lowest BCUT2D eigenvalue weighted by atomic mass is 10.1. The number of nitrogens with two attached hydrogens (primary N) is 1. The molecule has 1 aromatic heterocycles. The van der Waals surface area contributed by atoms with Gasteiger partial charge in [-0.3, -0.25) is 0 Å². The monoisotopic (exact) mass is 239 g/mol. The van der Waals surface area contributed by atoms with E-state index in [0.29, 0.717) is 11.5 Å². The van der Waals surface area contributed by atoms with E-state index in [-0.39, 0.29) is 5.75 Å². The number of nitrogen functional groups attached to an aromatic ring is 1. The summed E-state index contributed by atoms with van der Waals surface area (Å²) in [5.41, 5.74) is 7.18. The minimum absolute atomic E-state index is 0.109. The normalized spacial score (nSPS) is 10.8. The number of benzene rings is 1. The van der Waals surface area contributed by atoms with Crippen LogP contribution in [0.2, 0.25) is 0 Å². The molecule has 6 heteroatoms. The Hall–Kier alpha value is -2.11. The van der Waals surface area contributed by atoms with Crippen LogP contribution in [0.1, 0.15) is 0 Å². The van der Waals surface area contributed by atoms with Crippen molar-refractivity contribution >= 4 is 5.82 Å². The van der Waals surface area contributed by atoms with Gasteiger partial charge in [0.05, 0.1) is 6.33 Å². The highest BCUT2D eigenvalue weighted by Crippen LogP contribution is 2.25. The number of aryl methyl sites for hydroxylation is 1. The first kappa shape index (κ1) is 11.4. The summed E-state index contributed by atoms with van der Waals surface area (Å²) in [6.45, 7) is -2.82. The Kier molecular flexibility index (Phi) is 2.95. The van der Waals surface area contributed by atoms with Gasteiger partial charge in [0.25, 0.3) is 0 Å². The molecule has 1 heterocycles. The summed E-state index contributed by atoms with van der Waals surface area (Å²) in [7, 11) is 1.78. The van der Waals surface area contributed by atoms with Crippen molar-refractivity contribution in [3.05, 3.63) is 30.6 Å². The number of aromatic nitrogens is 2. The van der Waals surface area contributed by atoms with Crippen molar-refractivity contribution in [3.63, 3.8) is 0 Å². The van der Waals surface area contributed by atoms with Crippen molar-refractivity contribution in [2.24, 2.45) is 7.05 Å². The lowest BCUT2D eigenvalue weighted by Crippen LogP contribution is -2.01. The third-order valence-electron chi connectivity index (χ3n) is 2.34. The zero-order valence-electron chi connectivity index (χ0n) is 9.10. The van der Waals surface area contributed by atoms with Crippen molar-refractivity contribution in [1.29, 1.82) is 0 Å². The Balaban J connectivity index is 2.26. The molecule has 0 radical (unpaired) electrons. The maximum absolute atomic E-state index is 12.0. The molecule has 0 bridgehead atoms. The molecule has 0 spiro atoms. The van der Waals surface area contributed by atoms with Crippen LogP contribution < -0.4 is 10.5 Å². The summed E-state index contributed by atoms with van der Waals surface area (Å²) in [6.07, 6.45) is 1.59. The van der Waals surface area contributed by atoms with E-state index in [9.17, 15) is 8.78 Å².